The number of carbonyl (C=O) groups is 1. The molecule has 31 heavy (non-hydrogen) atoms. The first kappa shape index (κ1) is 21.3. The Kier molecular flexibility index (Phi) is 5.72. The molecule has 0 amide bonds. The molecule has 9 nitrogen and oxygen atoms in total. The number of pyridine rings is 1. The molecule has 0 saturated heterocycles. The Bertz CT molecular complexity index is 1070. The molecule has 9 heteroatoms. The number of hydrogen-bond donors (Lipinski definition) is 0. The lowest BCUT2D eigenvalue weighted by molar-refractivity contribution is -0.142. The second-order valence-electron chi connectivity index (χ2n) is 8.30. The molecule has 1 aliphatic rings. The van der Waals surface area contributed by atoms with E-state index in [9.17, 15) is 4.79 Å². The largest absolute Gasteiger partial charge is 0.347 e. The van der Waals surface area contributed by atoms with Crippen LogP contribution in [0, 0.1) is 12.3 Å². The zero-order chi connectivity index (χ0) is 22.2. The predicted molar refractivity (Wildman–Crippen MR) is 113 cm³/mol. The summed E-state index contributed by atoms with van der Waals surface area (Å²) in [7, 11) is 0. The number of ketones is 1. The fourth-order valence-electron chi connectivity index (χ4n) is 4.29. The van der Waals surface area contributed by atoms with Crippen LogP contribution in [0.25, 0.3) is 5.82 Å². The van der Waals surface area contributed by atoms with Gasteiger partial charge in [0, 0.05) is 31.2 Å². The van der Waals surface area contributed by atoms with Crippen LogP contribution in [-0.2, 0) is 9.47 Å². The fraction of sp³-hybridized carbons (Fsp3) is 0.500. The number of aromatic nitrogens is 6. The Morgan fingerprint density at radius 2 is 1.97 bits per heavy atom. The van der Waals surface area contributed by atoms with Gasteiger partial charge in [-0.1, -0.05) is 25.1 Å². The Morgan fingerprint density at radius 3 is 2.61 bits per heavy atom. The Labute approximate surface area is 181 Å². The molecule has 0 N–H and O–H groups in total. The number of hydrogen-bond acceptors (Lipinski definition) is 7. The molecule has 1 unspecified atom stereocenters. The minimum Gasteiger partial charge on any atom is -0.347 e. The van der Waals surface area contributed by atoms with Crippen LogP contribution in [0.3, 0.4) is 0 Å². The standard InChI is InChI=1S/C22H28N6O3/c1-6-30-21(31-7-2)15-13-27(26-24-15)20-19-18(16(29)12-22(20,4)5)14(3)25-28(19)17-10-8-9-11-23-17/h8-11,13,20-21H,6-7,12H2,1-5H3. The average Bonchev–Trinajstić information content (AvgIpc) is 3.33. The molecular weight excluding hydrogens is 396 g/mol. The molecule has 3 aromatic rings. The van der Waals surface area contributed by atoms with Crippen LogP contribution in [0.1, 0.15) is 73.9 Å². The van der Waals surface area contributed by atoms with Gasteiger partial charge in [-0.15, -0.1) is 5.10 Å². The van der Waals surface area contributed by atoms with Crippen molar-refractivity contribution in [1.82, 2.24) is 29.8 Å². The number of Topliss-reactive ketones (excluding diaryl/α,β-unsaturated/α-hetero) is 1. The third kappa shape index (κ3) is 3.79. The molecule has 3 aromatic heterocycles. The number of nitrogens with zero attached hydrogens (tertiary/aromatic N) is 6. The fourth-order valence-corrected chi connectivity index (χ4v) is 4.29. The molecule has 4 rings (SSSR count). The first-order valence-electron chi connectivity index (χ1n) is 10.6. The summed E-state index contributed by atoms with van der Waals surface area (Å²) in [6.45, 7) is 10.8. The van der Waals surface area contributed by atoms with Gasteiger partial charge in [-0.05, 0) is 32.9 Å². The van der Waals surface area contributed by atoms with Gasteiger partial charge in [0.1, 0.15) is 11.7 Å². The maximum atomic E-state index is 13.1. The zero-order valence-electron chi connectivity index (χ0n) is 18.6. The van der Waals surface area contributed by atoms with Crippen LogP contribution in [0.4, 0.5) is 0 Å². The van der Waals surface area contributed by atoms with Crippen LogP contribution in [-0.4, -0.2) is 48.8 Å². The molecule has 0 radical (unpaired) electrons. The summed E-state index contributed by atoms with van der Waals surface area (Å²) in [5, 5.41) is 13.4. The summed E-state index contributed by atoms with van der Waals surface area (Å²) in [5.41, 5.74) is 2.28. The number of carbonyl (C=O) groups excluding carboxylic acids is 1. The van der Waals surface area contributed by atoms with E-state index < -0.39 is 11.7 Å². The first-order valence-corrected chi connectivity index (χ1v) is 10.6. The van der Waals surface area contributed by atoms with Crippen LogP contribution >= 0.6 is 0 Å². The molecule has 0 spiro atoms. The topological polar surface area (TPSA) is 97.0 Å². The van der Waals surface area contributed by atoms with E-state index in [1.54, 1.807) is 15.6 Å². The van der Waals surface area contributed by atoms with Crippen molar-refractivity contribution >= 4 is 5.78 Å². The molecule has 0 aliphatic heterocycles. The minimum absolute atomic E-state index is 0.0813. The summed E-state index contributed by atoms with van der Waals surface area (Å²) in [5.74, 6) is 0.738. The number of aryl methyl sites for hydroxylation is 1. The summed E-state index contributed by atoms with van der Waals surface area (Å²) in [6, 6.07) is 5.36. The molecule has 164 valence electrons. The smallest absolute Gasteiger partial charge is 0.204 e. The average molecular weight is 425 g/mol. The number of fused-ring (bicyclic) bond motifs is 1. The van der Waals surface area contributed by atoms with Gasteiger partial charge in [0.25, 0.3) is 0 Å². The highest BCUT2D eigenvalue weighted by Crippen LogP contribution is 2.47. The molecule has 0 saturated carbocycles. The maximum Gasteiger partial charge on any atom is 0.204 e. The quantitative estimate of drug-likeness (QED) is 0.536. The SMILES string of the molecule is CCOC(OCC)c1cn(C2c3c(c(C)nn3-c3ccccn3)C(=O)CC2(C)C)nn1. The molecule has 3 heterocycles. The summed E-state index contributed by atoms with van der Waals surface area (Å²) in [6.07, 6.45) is 3.35. The van der Waals surface area contributed by atoms with Crippen molar-refractivity contribution in [3.05, 3.63) is 53.2 Å². The van der Waals surface area contributed by atoms with E-state index in [0.717, 1.165) is 5.69 Å². The molecular formula is C22H28N6O3. The van der Waals surface area contributed by atoms with E-state index in [4.69, 9.17) is 9.47 Å². The maximum absolute atomic E-state index is 13.1. The van der Waals surface area contributed by atoms with Crippen molar-refractivity contribution in [2.24, 2.45) is 5.41 Å². The first-order chi connectivity index (χ1) is 14.9. The van der Waals surface area contributed by atoms with Crippen LogP contribution in [0.15, 0.2) is 30.6 Å². The van der Waals surface area contributed by atoms with E-state index in [-0.39, 0.29) is 11.8 Å². The van der Waals surface area contributed by atoms with Gasteiger partial charge in [0.2, 0.25) is 6.29 Å². The van der Waals surface area contributed by atoms with Gasteiger partial charge >= 0.3 is 0 Å². The van der Waals surface area contributed by atoms with Gasteiger partial charge in [-0.25, -0.2) is 14.3 Å². The third-order valence-electron chi connectivity index (χ3n) is 5.53. The molecule has 0 fully saturated rings. The van der Waals surface area contributed by atoms with Gasteiger partial charge in [0.15, 0.2) is 11.6 Å². The van der Waals surface area contributed by atoms with Crippen molar-refractivity contribution in [1.29, 1.82) is 0 Å². The molecule has 1 atom stereocenters. The van der Waals surface area contributed by atoms with Crippen LogP contribution in [0.5, 0.6) is 0 Å². The predicted octanol–water partition coefficient (Wildman–Crippen LogP) is 3.44. The Morgan fingerprint density at radius 1 is 1.23 bits per heavy atom. The van der Waals surface area contributed by atoms with Crippen molar-refractivity contribution in [3.8, 4) is 5.82 Å². The highest BCUT2D eigenvalue weighted by atomic mass is 16.7. The normalized spacial score (nSPS) is 17.9. The van der Waals surface area contributed by atoms with Gasteiger partial charge in [0.05, 0.1) is 23.1 Å². The van der Waals surface area contributed by atoms with Crippen molar-refractivity contribution in [2.45, 2.75) is 53.4 Å². The van der Waals surface area contributed by atoms with E-state index in [1.165, 1.54) is 0 Å². The van der Waals surface area contributed by atoms with Gasteiger partial charge in [-0.3, -0.25) is 4.79 Å². The highest BCUT2D eigenvalue weighted by molar-refractivity contribution is 6.00. The molecule has 0 aromatic carbocycles. The van der Waals surface area contributed by atoms with E-state index in [0.29, 0.717) is 42.4 Å². The van der Waals surface area contributed by atoms with E-state index in [1.807, 2.05) is 45.2 Å². The minimum atomic E-state index is -0.584. The van der Waals surface area contributed by atoms with E-state index in [2.05, 4.69) is 34.2 Å². The van der Waals surface area contributed by atoms with Crippen molar-refractivity contribution in [3.63, 3.8) is 0 Å². The van der Waals surface area contributed by atoms with Gasteiger partial charge in [-0.2, -0.15) is 5.10 Å². The number of rotatable bonds is 7. The van der Waals surface area contributed by atoms with Crippen LogP contribution in [0.2, 0.25) is 0 Å². The molecule has 1 aliphatic carbocycles. The lowest BCUT2D eigenvalue weighted by atomic mass is 9.71. The summed E-state index contributed by atoms with van der Waals surface area (Å²) in [4.78, 5) is 17.5. The Balaban J connectivity index is 1.86. The lowest BCUT2D eigenvalue weighted by Crippen LogP contribution is -2.37. The lowest BCUT2D eigenvalue weighted by Gasteiger charge is -2.37. The van der Waals surface area contributed by atoms with Gasteiger partial charge < -0.3 is 9.47 Å². The third-order valence-corrected chi connectivity index (χ3v) is 5.53. The molecule has 0 bridgehead atoms. The summed E-state index contributed by atoms with van der Waals surface area (Å²) < 4.78 is 14.9. The second kappa shape index (κ2) is 8.32. The van der Waals surface area contributed by atoms with Crippen molar-refractivity contribution < 1.29 is 14.3 Å². The zero-order valence-corrected chi connectivity index (χ0v) is 18.6. The second-order valence-corrected chi connectivity index (χ2v) is 8.30. The highest BCUT2D eigenvalue weighted by Gasteiger charge is 2.46. The monoisotopic (exact) mass is 424 g/mol. The summed E-state index contributed by atoms with van der Waals surface area (Å²) >= 11 is 0. The van der Waals surface area contributed by atoms with Crippen molar-refractivity contribution in [2.75, 3.05) is 13.2 Å². The van der Waals surface area contributed by atoms with E-state index >= 15 is 0 Å². The van der Waals surface area contributed by atoms with Crippen LogP contribution < -0.4 is 0 Å². The number of ether oxygens (including phenoxy) is 2. The Hall–Kier alpha value is -2.91.